The van der Waals surface area contributed by atoms with E-state index in [4.69, 9.17) is 0 Å². The number of hydrogen-bond acceptors (Lipinski definition) is 1. The second kappa shape index (κ2) is 8.92. The van der Waals surface area contributed by atoms with Gasteiger partial charge in [0.15, 0.2) is 0 Å². The van der Waals surface area contributed by atoms with Gasteiger partial charge in [0.05, 0.1) is 0 Å². The van der Waals surface area contributed by atoms with Crippen LogP contribution in [0.15, 0.2) is 55.1 Å². The van der Waals surface area contributed by atoms with Crippen LogP contribution in [0, 0.1) is 0 Å². The van der Waals surface area contributed by atoms with Crippen molar-refractivity contribution in [2.24, 2.45) is 0 Å². The molecule has 1 N–H and O–H groups in total. The number of unbranched alkanes of at least 4 members (excludes halogenated alkanes) is 1. The van der Waals surface area contributed by atoms with E-state index < -0.39 is 0 Å². The lowest BCUT2D eigenvalue weighted by Crippen LogP contribution is -2.24. The molecule has 1 aromatic carbocycles. The third kappa shape index (κ3) is 4.88. The maximum absolute atomic E-state index is 11.9. The average molecular weight is 269 g/mol. The zero-order valence-electron chi connectivity index (χ0n) is 12.4. The maximum Gasteiger partial charge on any atom is 0.251 e. The Hall–Kier alpha value is -2.09. The van der Waals surface area contributed by atoms with Crippen LogP contribution >= 0.6 is 0 Å². The highest BCUT2D eigenvalue weighted by molar-refractivity contribution is 5.94. The van der Waals surface area contributed by atoms with E-state index in [0.29, 0.717) is 5.56 Å². The fraction of sp³-hybridized carbons (Fsp3) is 0.278. The number of nitrogens with one attached hydrogen (secondary N) is 1. The summed E-state index contributed by atoms with van der Waals surface area (Å²) in [6.45, 7) is 8.63. The van der Waals surface area contributed by atoms with E-state index in [0.717, 1.165) is 30.5 Å². The number of carbonyl (C=O) groups is 1. The van der Waals surface area contributed by atoms with Crippen LogP contribution in [0.25, 0.3) is 5.57 Å². The highest BCUT2D eigenvalue weighted by atomic mass is 16.1. The minimum atomic E-state index is -0.0115. The molecule has 0 heterocycles. The summed E-state index contributed by atoms with van der Waals surface area (Å²) in [6, 6.07) is 7.60. The van der Waals surface area contributed by atoms with Crippen LogP contribution in [-0.2, 0) is 0 Å². The lowest BCUT2D eigenvalue weighted by molar-refractivity contribution is 0.0953. The van der Waals surface area contributed by atoms with Crippen molar-refractivity contribution in [2.45, 2.75) is 26.7 Å². The smallest absolute Gasteiger partial charge is 0.251 e. The molecule has 2 heteroatoms. The Morgan fingerprint density at radius 2 is 1.90 bits per heavy atom. The minimum absolute atomic E-state index is 0.0115. The first kappa shape index (κ1) is 16.0. The van der Waals surface area contributed by atoms with E-state index in [2.05, 4.69) is 18.8 Å². The Kier molecular flexibility index (Phi) is 7.12. The molecule has 20 heavy (non-hydrogen) atoms. The van der Waals surface area contributed by atoms with Crippen molar-refractivity contribution in [2.75, 3.05) is 6.54 Å². The van der Waals surface area contributed by atoms with Crippen molar-refractivity contribution in [3.8, 4) is 0 Å². The first-order chi connectivity index (χ1) is 9.72. The van der Waals surface area contributed by atoms with E-state index in [1.165, 1.54) is 0 Å². The van der Waals surface area contributed by atoms with Crippen molar-refractivity contribution in [3.05, 3.63) is 66.3 Å². The van der Waals surface area contributed by atoms with Crippen LogP contribution in [0.1, 0.15) is 42.6 Å². The molecule has 0 spiro atoms. The SMILES string of the molecule is C=C/C(=C\C=C/C)c1ccc(C(=O)NCCCC)cc1. The molecule has 0 unspecified atom stereocenters. The van der Waals surface area contributed by atoms with Crippen LogP contribution < -0.4 is 5.32 Å². The summed E-state index contributed by atoms with van der Waals surface area (Å²) in [5.41, 5.74) is 2.79. The summed E-state index contributed by atoms with van der Waals surface area (Å²) >= 11 is 0. The maximum atomic E-state index is 11.9. The fourth-order valence-corrected chi connectivity index (χ4v) is 1.78. The Labute approximate surface area is 121 Å². The van der Waals surface area contributed by atoms with Gasteiger partial charge in [0.2, 0.25) is 0 Å². The Morgan fingerprint density at radius 1 is 1.25 bits per heavy atom. The van der Waals surface area contributed by atoms with E-state index in [-0.39, 0.29) is 5.91 Å². The predicted molar refractivity (Wildman–Crippen MR) is 86.7 cm³/mol. The molecule has 0 aliphatic heterocycles. The third-order valence-electron chi connectivity index (χ3n) is 2.98. The van der Waals surface area contributed by atoms with Gasteiger partial charge >= 0.3 is 0 Å². The lowest BCUT2D eigenvalue weighted by atomic mass is 10.0. The quantitative estimate of drug-likeness (QED) is 0.578. The topological polar surface area (TPSA) is 29.1 Å². The Balaban J connectivity index is 2.77. The average Bonchev–Trinajstić information content (AvgIpc) is 2.49. The monoisotopic (exact) mass is 269 g/mol. The molecular weight excluding hydrogens is 246 g/mol. The number of allylic oxidation sites excluding steroid dienone is 5. The molecule has 0 saturated carbocycles. The summed E-state index contributed by atoms with van der Waals surface area (Å²) in [6.07, 6.45) is 9.86. The first-order valence-corrected chi connectivity index (χ1v) is 7.07. The van der Waals surface area contributed by atoms with Gasteiger partial charge in [-0.1, -0.05) is 56.4 Å². The van der Waals surface area contributed by atoms with Crippen molar-refractivity contribution in [1.29, 1.82) is 0 Å². The van der Waals surface area contributed by atoms with Crippen molar-refractivity contribution < 1.29 is 4.79 Å². The molecule has 0 radical (unpaired) electrons. The minimum Gasteiger partial charge on any atom is -0.352 e. The second-order valence-corrected chi connectivity index (χ2v) is 4.54. The lowest BCUT2D eigenvalue weighted by Gasteiger charge is -2.06. The molecule has 0 fully saturated rings. The number of carbonyl (C=O) groups excluding carboxylic acids is 1. The van der Waals surface area contributed by atoms with E-state index in [1.54, 1.807) is 0 Å². The zero-order valence-corrected chi connectivity index (χ0v) is 12.4. The summed E-state index contributed by atoms with van der Waals surface area (Å²) in [5, 5.41) is 2.91. The number of hydrogen-bond donors (Lipinski definition) is 1. The first-order valence-electron chi connectivity index (χ1n) is 7.07. The Morgan fingerprint density at radius 3 is 2.45 bits per heavy atom. The highest BCUT2D eigenvalue weighted by Gasteiger charge is 2.04. The van der Waals surface area contributed by atoms with Crippen LogP contribution in [0.2, 0.25) is 0 Å². The summed E-state index contributed by atoms with van der Waals surface area (Å²) in [7, 11) is 0. The highest BCUT2D eigenvalue weighted by Crippen LogP contribution is 2.16. The van der Waals surface area contributed by atoms with Crippen molar-refractivity contribution >= 4 is 11.5 Å². The number of rotatable bonds is 7. The molecule has 106 valence electrons. The second-order valence-electron chi connectivity index (χ2n) is 4.54. The molecular formula is C18H23NO. The predicted octanol–water partition coefficient (Wildman–Crippen LogP) is 4.36. The van der Waals surface area contributed by atoms with E-state index >= 15 is 0 Å². The third-order valence-corrected chi connectivity index (χ3v) is 2.98. The number of benzene rings is 1. The fourth-order valence-electron chi connectivity index (χ4n) is 1.78. The normalized spacial score (nSPS) is 11.6. The van der Waals surface area contributed by atoms with E-state index in [1.807, 2.05) is 55.5 Å². The molecule has 1 rings (SSSR count). The van der Waals surface area contributed by atoms with Crippen LogP contribution in [-0.4, -0.2) is 12.5 Å². The van der Waals surface area contributed by atoms with Crippen LogP contribution in [0.4, 0.5) is 0 Å². The Bertz CT molecular complexity index is 495. The van der Waals surface area contributed by atoms with Gasteiger partial charge in [-0.3, -0.25) is 4.79 Å². The molecule has 0 aliphatic carbocycles. The molecule has 1 amide bonds. The van der Waals surface area contributed by atoms with Gasteiger partial charge < -0.3 is 5.32 Å². The van der Waals surface area contributed by atoms with Gasteiger partial charge in [-0.25, -0.2) is 0 Å². The summed E-state index contributed by atoms with van der Waals surface area (Å²) < 4.78 is 0. The molecule has 0 atom stereocenters. The van der Waals surface area contributed by atoms with Crippen LogP contribution in [0.5, 0.6) is 0 Å². The van der Waals surface area contributed by atoms with Crippen molar-refractivity contribution in [1.82, 2.24) is 5.32 Å². The van der Waals surface area contributed by atoms with Gasteiger partial charge in [0.25, 0.3) is 5.91 Å². The van der Waals surface area contributed by atoms with E-state index in [9.17, 15) is 4.79 Å². The molecule has 0 bridgehead atoms. The van der Waals surface area contributed by atoms with Crippen molar-refractivity contribution in [3.63, 3.8) is 0 Å². The number of amides is 1. The summed E-state index contributed by atoms with van der Waals surface area (Å²) in [4.78, 5) is 11.9. The van der Waals surface area contributed by atoms with Gasteiger partial charge in [0.1, 0.15) is 0 Å². The van der Waals surface area contributed by atoms with Gasteiger partial charge in [-0.05, 0) is 36.6 Å². The van der Waals surface area contributed by atoms with Gasteiger partial charge in [0, 0.05) is 12.1 Å². The van der Waals surface area contributed by atoms with Gasteiger partial charge in [-0.2, -0.15) is 0 Å². The molecule has 0 aromatic heterocycles. The zero-order chi connectivity index (χ0) is 14.8. The van der Waals surface area contributed by atoms with Gasteiger partial charge in [-0.15, -0.1) is 0 Å². The standard InChI is InChI=1S/C18H23NO/c1-4-7-9-15(6-3)16-10-12-17(13-11-16)18(20)19-14-8-5-2/h4,6-7,9-13H,3,5,8,14H2,1-2H3,(H,19,20)/b7-4-,15-9+. The molecule has 2 nitrogen and oxygen atoms in total. The summed E-state index contributed by atoms with van der Waals surface area (Å²) in [5.74, 6) is -0.0115. The molecule has 1 aromatic rings. The molecule has 0 aliphatic rings. The molecule has 0 saturated heterocycles. The largest absolute Gasteiger partial charge is 0.352 e. The van der Waals surface area contributed by atoms with Crippen LogP contribution in [0.3, 0.4) is 0 Å².